The highest BCUT2D eigenvalue weighted by Gasteiger charge is 2.15. The maximum Gasteiger partial charge on any atom is 0.251 e. The summed E-state index contributed by atoms with van der Waals surface area (Å²) in [5, 5.41) is 0.808. The van der Waals surface area contributed by atoms with Gasteiger partial charge in [0, 0.05) is 22.4 Å². The Kier molecular flexibility index (Phi) is 5.60. The van der Waals surface area contributed by atoms with Gasteiger partial charge in [-0.05, 0) is 54.6 Å². The Labute approximate surface area is 175 Å². The Balaban J connectivity index is 1.60. The first-order valence-electron chi connectivity index (χ1n) is 8.70. The molecular formula is C22H16BrN3OS. The molecule has 0 saturated carbocycles. The number of benzene rings is 2. The van der Waals surface area contributed by atoms with Gasteiger partial charge in [0.1, 0.15) is 5.01 Å². The van der Waals surface area contributed by atoms with Crippen LogP contribution in [0.5, 0.6) is 0 Å². The van der Waals surface area contributed by atoms with Gasteiger partial charge in [0.15, 0.2) is 0 Å². The van der Waals surface area contributed by atoms with Gasteiger partial charge in [0.05, 0.1) is 22.5 Å². The lowest BCUT2D eigenvalue weighted by atomic mass is 10.2. The largest absolute Gasteiger partial charge is 0.303 e. The highest BCUT2D eigenvalue weighted by atomic mass is 79.9. The summed E-state index contributed by atoms with van der Waals surface area (Å²) in [6.07, 6.45) is 5.08. The van der Waals surface area contributed by atoms with Crippen molar-refractivity contribution in [3.8, 4) is 0 Å². The number of thiazole rings is 1. The van der Waals surface area contributed by atoms with Crippen LogP contribution >= 0.6 is 27.3 Å². The number of hydrogen-bond donors (Lipinski definition) is 0. The summed E-state index contributed by atoms with van der Waals surface area (Å²) in [6.45, 7) is 0.394. The number of pyridine rings is 1. The predicted molar refractivity (Wildman–Crippen MR) is 118 cm³/mol. The monoisotopic (exact) mass is 449 g/mol. The van der Waals surface area contributed by atoms with Crippen molar-refractivity contribution < 1.29 is 4.79 Å². The standard InChI is InChI=1S/C22H16BrN3OS/c23-16-8-10-18(11-9-16)26(15-17-5-3-4-14-24-17)22(27)13-12-21-25-19-6-1-2-7-20(19)28-21/h1-14H,15H2/b13-12+. The Morgan fingerprint density at radius 1 is 1.04 bits per heavy atom. The Morgan fingerprint density at radius 3 is 2.57 bits per heavy atom. The highest BCUT2D eigenvalue weighted by Crippen LogP contribution is 2.24. The van der Waals surface area contributed by atoms with Crippen LogP contribution in [0.15, 0.2) is 83.5 Å². The van der Waals surface area contributed by atoms with E-state index in [4.69, 9.17) is 0 Å². The number of anilines is 1. The van der Waals surface area contributed by atoms with Gasteiger partial charge < -0.3 is 4.90 Å². The number of fused-ring (bicyclic) bond motifs is 1. The molecule has 0 aliphatic heterocycles. The molecule has 6 heteroatoms. The van der Waals surface area contributed by atoms with Crippen LogP contribution in [0.1, 0.15) is 10.7 Å². The van der Waals surface area contributed by atoms with Crippen molar-refractivity contribution in [3.05, 3.63) is 94.2 Å². The normalized spacial score (nSPS) is 11.2. The highest BCUT2D eigenvalue weighted by molar-refractivity contribution is 9.10. The van der Waals surface area contributed by atoms with E-state index >= 15 is 0 Å². The van der Waals surface area contributed by atoms with Crippen molar-refractivity contribution in [1.29, 1.82) is 0 Å². The summed E-state index contributed by atoms with van der Waals surface area (Å²) in [5.74, 6) is -0.118. The molecular weight excluding hydrogens is 434 g/mol. The zero-order chi connectivity index (χ0) is 19.3. The van der Waals surface area contributed by atoms with E-state index in [2.05, 4.69) is 25.9 Å². The van der Waals surface area contributed by atoms with Crippen LogP contribution in [0.25, 0.3) is 16.3 Å². The van der Waals surface area contributed by atoms with Crippen LogP contribution in [0.2, 0.25) is 0 Å². The van der Waals surface area contributed by atoms with Gasteiger partial charge in [-0.2, -0.15) is 0 Å². The summed E-state index contributed by atoms with van der Waals surface area (Å²) >= 11 is 5.01. The summed E-state index contributed by atoms with van der Waals surface area (Å²) in [7, 11) is 0. The van der Waals surface area contributed by atoms with Crippen LogP contribution in [-0.2, 0) is 11.3 Å². The summed E-state index contributed by atoms with van der Waals surface area (Å²) in [4.78, 5) is 23.6. The quantitative estimate of drug-likeness (QED) is 0.367. The maximum atomic E-state index is 13.0. The van der Waals surface area contributed by atoms with Crippen LogP contribution < -0.4 is 4.90 Å². The molecule has 2 aromatic carbocycles. The van der Waals surface area contributed by atoms with E-state index in [0.717, 1.165) is 31.1 Å². The third-order valence-corrected chi connectivity index (χ3v) is 5.66. The van der Waals surface area contributed by atoms with Crippen molar-refractivity contribution in [3.63, 3.8) is 0 Å². The molecule has 0 aliphatic rings. The van der Waals surface area contributed by atoms with Crippen LogP contribution in [0.4, 0.5) is 5.69 Å². The van der Waals surface area contributed by atoms with Gasteiger partial charge in [0.25, 0.3) is 5.91 Å². The van der Waals surface area contributed by atoms with Crippen LogP contribution in [0.3, 0.4) is 0 Å². The number of carbonyl (C=O) groups excluding carboxylic acids is 1. The fourth-order valence-electron chi connectivity index (χ4n) is 2.77. The molecule has 0 N–H and O–H groups in total. The summed E-state index contributed by atoms with van der Waals surface area (Å²) in [6, 6.07) is 21.3. The van der Waals surface area contributed by atoms with Crippen molar-refractivity contribution >= 4 is 55.2 Å². The first kappa shape index (κ1) is 18.5. The molecule has 0 spiro atoms. The van der Waals surface area contributed by atoms with Gasteiger partial charge in [0.2, 0.25) is 0 Å². The molecule has 138 valence electrons. The second-order valence-corrected chi connectivity index (χ2v) is 8.05. The fourth-order valence-corrected chi connectivity index (χ4v) is 3.90. The summed E-state index contributed by atoms with van der Waals surface area (Å²) < 4.78 is 2.07. The number of aromatic nitrogens is 2. The Hall–Kier alpha value is -2.83. The molecule has 1 amide bonds. The number of para-hydroxylation sites is 1. The minimum atomic E-state index is -0.118. The Bertz CT molecular complexity index is 1090. The minimum Gasteiger partial charge on any atom is -0.303 e. The van der Waals surface area contributed by atoms with Gasteiger partial charge in [-0.1, -0.05) is 34.1 Å². The summed E-state index contributed by atoms with van der Waals surface area (Å²) in [5.41, 5.74) is 2.58. The average molecular weight is 450 g/mol. The van der Waals surface area contributed by atoms with E-state index in [0.29, 0.717) is 6.54 Å². The van der Waals surface area contributed by atoms with Gasteiger partial charge in [-0.15, -0.1) is 11.3 Å². The first-order chi connectivity index (χ1) is 13.7. The predicted octanol–water partition coefficient (Wildman–Crippen LogP) is 5.70. The van der Waals surface area contributed by atoms with E-state index in [1.165, 1.54) is 0 Å². The maximum absolute atomic E-state index is 13.0. The zero-order valence-electron chi connectivity index (χ0n) is 14.8. The minimum absolute atomic E-state index is 0.118. The SMILES string of the molecule is O=C(/C=C/c1nc2ccccc2s1)N(Cc1ccccn1)c1ccc(Br)cc1. The number of rotatable bonds is 5. The smallest absolute Gasteiger partial charge is 0.251 e. The lowest BCUT2D eigenvalue weighted by Crippen LogP contribution is -2.29. The molecule has 4 rings (SSSR count). The van der Waals surface area contributed by atoms with E-state index < -0.39 is 0 Å². The van der Waals surface area contributed by atoms with Crippen molar-refractivity contribution in [2.24, 2.45) is 0 Å². The van der Waals surface area contributed by atoms with Crippen molar-refractivity contribution in [2.45, 2.75) is 6.54 Å². The molecule has 0 unspecified atom stereocenters. The van der Waals surface area contributed by atoms with E-state index in [-0.39, 0.29) is 5.91 Å². The third-order valence-electron chi connectivity index (χ3n) is 4.13. The number of nitrogens with zero attached hydrogens (tertiary/aromatic N) is 3. The average Bonchev–Trinajstić information content (AvgIpc) is 3.15. The fraction of sp³-hybridized carbons (Fsp3) is 0.0455. The van der Waals surface area contributed by atoms with Crippen LogP contribution in [-0.4, -0.2) is 15.9 Å². The molecule has 4 nitrogen and oxygen atoms in total. The van der Waals surface area contributed by atoms with Crippen LogP contribution in [0, 0.1) is 0 Å². The molecule has 0 aliphatic carbocycles. The number of hydrogen-bond acceptors (Lipinski definition) is 4. The molecule has 2 aromatic heterocycles. The first-order valence-corrected chi connectivity index (χ1v) is 10.3. The molecule has 0 atom stereocenters. The molecule has 0 saturated heterocycles. The van der Waals surface area contributed by atoms with Gasteiger partial charge >= 0.3 is 0 Å². The molecule has 28 heavy (non-hydrogen) atoms. The molecule has 0 bridgehead atoms. The second-order valence-electron chi connectivity index (χ2n) is 6.08. The molecule has 0 fully saturated rings. The van der Waals surface area contributed by atoms with E-state index in [1.807, 2.05) is 66.7 Å². The van der Waals surface area contributed by atoms with E-state index in [1.54, 1.807) is 34.6 Å². The number of carbonyl (C=O) groups is 1. The van der Waals surface area contributed by atoms with Crippen molar-refractivity contribution in [1.82, 2.24) is 9.97 Å². The second kappa shape index (κ2) is 8.46. The lowest BCUT2D eigenvalue weighted by Gasteiger charge is -2.21. The molecule has 4 aromatic rings. The van der Waals surface area contributed by atoms with Crippen molar-refractivity contribution in [2.75, 3.05) is 4.90 Å². The van der Waals surface area contributed by atoms with Gasteiger partial charge in [-0.25, -0.2) is 4.98 Å². The number of amides is 1. The molecule has 2 heterocycles. The zero-order valence-corrected chi connectivity index (χ0v) is 17.2. The Morgan fingerprint density at radius 2 is 1.82 bits per heavy atom. The van der Waals surface area contributed by atoms with Gasteiger partial charge in [-0.3, -0.25) is 9.78 Å². The lowest BCUT2D eigenvalue weighted by molar-refractivity contribution is -0.114. The van der Waals surface area contributed by atoms with E-state index in [9.17, 15) is 4.79 Å². The molecule has 0 radical (unpaired) electrons. The third kappa shape index (κ3) is 4.35. The topological polar surface area (TPSA) is 46.1 Å². The number of halogens is 1.